The van der Waals surface area contributed by atoms with E-state index in [1.54, 1.807) is 12.3 Å². The smallest absolute Gasteiger partial charge is 0.338 e. The van der Waals surface area contributed by atoms with Crippen LogP contribution in [0.2, 0.25) is 0 Å². The van der Waals surface area contributed by atoms with Crippen molar-refractivity contribution in [2.75, 3.05) is 24.6 Å². The van der Waals surface area contributed by atoms with Crippen molar-refractivity contribution in [3.63, 3.8) is 0 Å². The van der Waals surface area contributed by atoms with Gasteiger partial charge in [0.1, 0.15) is 0 Å². The number of benzene rings is 2. The number of fused-ring (bicyclic) bond motifs is 1. The lowest BCUT2D eigenvalue weighted by atomic mass is 9.90. The number of pyridine rings is 1. The summed E-state index contributed by atoms with van der Waals surface area (Å²) in [6, 6.07) is 16.6. The predicted octanol–water partition coefficient (Wildman–Crippen LogP) is 4.32. The highest BCUT2D eigenvalue weighted by atomic mass is 16.5. The Morgan fingerprint density at radius 1 is 1.15 bits per heavy atom. The van der Waals surface area contributed by atoms with Gasteiger partial charge in [-0.3, -0.25) is 4.98 Å². The van der Waals surface area contributed by atoms with Gasteiger partial charge in [-0.1, -0.05) is 29.8 Å². The molecule has 2 aromatic carbocycles. The first kappa shape index (κ1) is 16.6. The van der Waals surface area contributed by atoms with E-state index >= 15 is 0 Å². The molecule has 26 heavy (non-hydrogen) atoms. The topological polar surface area (TPSA) is 42.4 Å². The number of hydrogen-bond acceptors (Lipinski definition) is 4. The Labute approximate surface area is 153 Å². The van der Waals surface area contributed by atoms with Crippen LogP contribution in [0.5, 0.6) is 0 Å². The van der Waals surface area contributed by atoms with Gasteiger partial charge in [0.25, 0.3) is 0 Å². The highest BCUT2D eigenvalue weighted by molar-refractivity contribution is 6.04. The Hall–Kier alpha value is -2.88. The fraction of sp³-hybridized carbons (Fsp3) is 0.273. The largest absolute Gasteiger partial charge is 0.462 e. The van der Waals surface area contributed by atoms with Crippen LogP contribution in [-0.4, -0.2) is 30.6 Å². The number of carbonyl (C=O) groups excluding carboxylic acids is 1. The van der Waals surface area contributed by atoms with Crippen LogP contribution in [0.3, 0.4) is 0 Å². The quantitative estimate of drug-likeness (QED) is 0.660. The molecule has 0 N–H and O–H groups in total. The summed E-state index contributed by atoms with van der Waals surface area (Å²) in [6.45, 7) is 6.28. The first-order chi connectivity index (χ1) is 12.7. The third-order valence-corrected chi connectivity index (χ3v) is 5.02. The molecule has 1 aliphatic heterocycles. The zero-order valence-corrected chi connectivity index (χ0v) is 15.1. The second-order valence-electron chi connectivity index (χ2n) is 6.79. The number of esters is 1. The number of hydrogen-bond donors (Lipinski definition) is 0. The molecule has 1 aliphatic rings. The van der Waals surface area contributed by atoms with Crippen molar-refractivity contribution in [3.8, 4) is 0 Å². The van der Waals surface area contributed by atoms with Gasteiger partial charge in [-0.25, -0.2) is 4.79 Å². The lowest BCUT2D eigenvalue weighted by molar-refractivity contribution is 0.0528. The lowest BCUT2D eigenvalue weighted by Gasteiger charge is -2.41. The van der Waals surface area contributed by atoms with E-state index in [0.717, 1.165) is 29.7 Å². The fourth-order valence-electron chi connectivity index (χ4n) is 3.46. The Bertz CT molecular complexity index is 944. The molecule has 0 amide bonds. The van der Waals surface area contributed by atoms with Crippen LogP contribution in [0.15, 0.2) is 54.7 Å². The van der Waals surface area contributed by atoms with Crippen LogP contribution >= 0.6 is 0 Å². The summed E-state index contributed by atoms with van der Waals surface area (Å²) in [4.78, 5) is 18.9. The number of ether oxygens (including phenoxy) is 1. The van der Waals surface area contributed by atoms with E-state index in [9.17, 15) is 4.79 Å². The molecule has 1 aromatic heterocycles. The van der Waals surface area contributed by atoms with E-state index in [2.05, 4.69) is 53.2 Å². The fourth-order valence-corrected chi connectivity index (χ4v) is 3.46. The van der Waals surface area contributed by atoms with Gasteiger partial charge in [-0.15, -0.1) is 0 Å². The lowest BCUT2D eigenvalue weighted by Crippen LogP contribution is -2.45. The van der Waals surface area contributed by atoms with Gasteiger partial charge in [-0.2, -0.15) is 0 Å². The molecule has 1 fully saturated rings. The summed E-state index contributed by atoms with van der Waals surface area (Å²) in [5.41, 5.74) is 5.20. The maximum Gasteiger partial charge on any atom is 0.338 e. The molecule has 0 radical (unpaired) electrons. The number of rotatable bonds is 4. The Kier molecular flexibility index (Phi) is 4.33. The third-order valence-electron chi connectivity index (χ3n) is 5.02. The van der Waals surface area contributed by atoms with Crippen molar-refractivity contribution >= 4 is 22.6 Å². The SMILES string of the molecule is CCOC(=O)c1ccnc2ccc(N3CC(c4ccc(C)cc4)C3)cc12. The highest BCUT2D eigenvalue weighted by Gasteiger charge is 2.28. The van der Waals surface area contributed by atoms with Crippen molar-refractivity contribution in [1.29, 1.82) is 0 Å². The van der Waals surface area contributed by atoms with Gasteiger partial charge in [0.05, 0.1) is 17.7 Å². The standard InChI is InChI=1S/C22H22N2O2/c1-3-26-22(25)19-10-11-23-21-9-8-18(12-20(19)21)24-13-17(14-24)16-6-4-15(2)5-7-16/h4-12,17H,3,13-14H2,1-2H3. The van der Waals surface area contributed by atoms with E-state index < -0.39 is 0 Å². The van der Waals surface area contributed by atoms with Crippen molar-refractivity contribution in [3.05, 3.63) is 71.4 Å². The summed E-state index contributed by atoms with van der Waals surface area (Å²) >= 11 is 0. The maximum absolute atomic E-state index is 12.2. The Morgan fingerprint density at radius 2 is 1.92 bits per heavy atom. The maximum atomic E-state index is 12.2. The van der Waals surface area contributed by atoms with E-state index in [1.165, 1.54) is 11.1 Å². The molecule has 4 rings (SSSR count). The first-order valence-electron chi connectivity index (χ1n) is 9.03. The molecular weight excluding hydrogens is 324 g/mol. The molecule has 0 saturated carbocycles. The number of nitrogens with zero attached hydrogens (tertiary/aromatic N) is 2. The summed E-state index contributed by atoms with van der Waals surface area (Å²) in [6.07, 6.45) is 1.66. The van der Waals surface area contributed by atoms with Crippen LogP contribution in [0.1, 0.15) is 34.3 Å². The van der Waals surface area contributed by atoms with Crippen molar-refractivity contribution < 1.29 is 9.53 Å². The monoisotopic (exact) mass is 346 g/mol. The van der Waals surface area contributed by atoms with Crippen LogP contribution < -0.4 is 4.90 Å². The molecular formula is C22H22N2O2. The minimum Gasteiger partial charge on any atom is -0.462 e. The third kappa shape index (κ3) is 3.03. The number of anilines is 1. The van der Waals surface area contributed by atoms with E-state index in [0.29, 0.717) is 18.1 Å². The normalized spacial score (nSPS) is 14.3. The Balaban J connectivity index is 1.57. The first-order valence-corrected chi connectivity index (χ1v) is 9.03. The highest BCUT2D eigenvalue weighted by Crippen LogP contribution is 2.33. The molecule has 4 heteroatoms. The van der Waals surface area contributed by atoms with Crippen molar-refractivity contribution in [2.24, 2.45) is 0 Å². The van der Waals surface area contributed by atoms with Gasteiger partial charge in [0, 0.05) is 36.3 Å². The average molecular weight is 346 g/mol. The average Bonchev–Trinajstić information content (AvgIpc) is 2.61. The zero-order chi connectivity index (χ0) is 18.1. The summed E-state index contributed by atoms with van der Waals surface area (Å²) in [7, 11) is 0. The molecule has 4 nitrogen and oxygen atoms in total. The molecule has 0 atom stereocenters. The van der Waals surface area contributed by atoms with Crippen LogP contribution in [0.4, 0.5) is 5.69 Å². The molecule has 2 heterocycles. The predicted molar refractivity (Wildman–Crippen MR) is 104 cm³/mol. The van der Waals surface area contributed by atoms with Gasteiger partial charge in [-0.05, 0) is 43.7 Å². The molecule has 0 unspecified atom stereocenters. The number of aromatic nitrogens is 1. The van der Waals surface area contributed by atoms with E-state index in [1.807, 2.05) is 13.0 Å². The zero-order valence-electron chi connectivity index (χ0n) is 15.1. The second kappa shape index (κ2) is 6.79. The van der Waals surface area contributed by atoms with Gasteiger partial charge < -0.3 is 9.64 Å². The van der Waals surface area contributed by atoms with Gasteiger partial charge in [0.2, 0.25) is 0 Å². The second-order valence-corrected chi connectivity index (χ2v) is 6.79. The van der Waals surface area contributed by atoms with Gasteiger partial charge in [0.15, 0.2) is 0 Å². The summed E-state index contributed by atoms with van der Waals surface area (Å²) < 4.78 is 5.18. The molecule has 0 spiro atoms. The molecule has 3 aromatic rings. The summed E-state index contributed by atoms with van der Waals surface area (Å²) in [5.74, 6) is 0.267. The van der Waals surface area contributed by atoms with E-state index in [-0.39, 0.29) is 5.97 Å². The van der Waals surface area contributed by atoms with Gasteiger partial charge >= 0.3 is 5.97 Å². The molecule has 1 saturated heterocycles. The van der Waals surface area contributed by atoms with E-state index in [4.69, 9.17) is 4.74 Å². The van der Waals surface area contributed by atoms with Crippen molar-refractivity contribution in [2.45, 2.75) is 19.8 Å². The molecule has 132 valence electrons. The minimum atomic E-state index is -0.293. The Morgan fingerprint density at radius 3 is 2.65 bits per heavy atom. The van der Waals surface area contributed by atoms with Crippen molar-refractivity contribution in [1.82, 2.24) is 4.98 Å². The summed E-state index contributed by atoms with van der Waals surface area (Å²) in [5, 5.41) is 0.849. The minimum absolute atomic E-state index is 0.293. The molecule has 0 bridgehead atoms. The molecule has 0 aliphatic carbocycles. The number of aryl methyl sites for hydroxylation is 1. The van der Waals surface area contributed by atoms with Crippen LogP contribution in [-0.2, 0) is 4.74 Å². The number of carbonyl (C=O) groups is 1. The van der Waals surface area contributed by atoms with Crippen LogP contribution in [0, 0.1) is 6.92 Å². The van der Waals surface area contributed by atoms with Crippen LogP contribution in [0.25, 0.3) is 10.9 Å².